The first-order valence-electron chi connectivity index (χ1n) is 35.0. The number of carbonyl (C=O) groups excluding carboxylic acids is 1. The zero-order valence-corrected chi connectivity index (χ0v) is 54.9. The summed E-state index contributed by atoms with van der Waals surface area (Å²) >= 11 is 0. The number of nitrogens with one attached hydrogen (secondary N) is 1. The molecule has 0 aliphatic rings. The molecule has 0 aromatic carbocycles. The number of unbranched alkanes of at least 4 members (excludes halogenated alkanes) is 44. The maximum atomic E-state index is 13.1. The molecule has 0 heterocycles. The molecule has 0 rings (SSSR count). The number of aliphatic hydroxyl groups excluding tert-OH is 1. The lowest BCUT2D eigenvalue weighted by molar-refractivity contribution is -0.870. The summed E-state index contributed by atoms with van der Waals surface area (Å²) in [7, 11) is 1.32. The zero-order valence-electron chi connectivity index (χ0n) is 54.0. The van der Waals surface area contributed by atoms with Crippen LogP contribution in [0.15, 0.2) is 48.6 Å². The molecule has 1 amide bonds. The number of quaternary nitrogens is 1. The minimum atomic E-state index is -4.58. The summed E-state index contributed by atoms with van der Waals surface area (Å²) in [6.07, 6.45) is 83.3. The molecule has 0 bridgehead atoms. The summed E-state index contributed by atoms with van der Waals surface area (Å²) in [5.74, 6) is -0.160. The predicted molar refractivity (Wildman–Crippen MR) is 348 cm³/mol. The van der Waals surface area contributed by atoms with E-state index in [1.165, 1.54) is 257 Å². The van der Waals surface area contributed by atoms with Crippen molar-refractivity contribution >= 4 is 13.7 Å². The van der Waals surface area contributed by atoms with Gasteiger partial charge in [-0.1, -0.05) is 339 Å². The van der Waals surface area contributed by atoms with E-state index in [1.54, 1.807) is 0 Å². The predicted octanol–water partition coefficient (Wildman–Crippen LogP) is 21.6. The number of likely N-dealkylation sites (N-methyl/N-ethyl adjacent to an activating group) is 1. The Bertz CT molecular complexity index is 1440. The van der Waals surface area contributed by atoms with Crippen molar-refractivity contribution in [2.24, 2.45) is 0 Å². The average Bonchev–Trinajstić information content (AvgIpc) is 3.42. The van der Waals surface area contributed by atoms with Gasteiger partial charge >= 0.3 is 0 Å². The van der Waals surface area contributed by atoms with Gasteiger partial charge in [-0.15, -0.1) is 0 Å². The fourth-order valence-corrected chi connectivity index (χ4v) is 11.4. The Morgan fingerprint density at radius 1 is 0.450 bits per heavy atom. The smallest absolute Gasteiger partial charge is 0.268 e. The van der Waals surface area contributed by atoms with E-state index in [0.29, 0.717) is 23.9 Å². The van der Waals surface area contributed by atoms with Crippen LogP contribution in [0.1, 0.15) is 348 Å². The van der Waals surface area contributed by atoms with Crippen molar-refractivity contribution in [3.05, 3.63) is 48.6 Å². The number of nitrogens with zero attached hydrogens (tertiary/aromatic N) is 1. The number of rotatable bonds is 65. The molecule has 0 aliphatic heterocycles. The van der Waals surface area contributed by atoms with Gasteiger partial charge in [-0.2, -0.15) is 0 Å². The summed E-state index contributed by atoms with van der Waals surface area (Å²) in [5.41, 5.74) is 0. The molecule has 80 heavy (non-hydrogen) atoms. The second kappa shape index (κ2) is 62.0. The van der Waals surface area contributed by atoms with Crippen LogP contribution in [0.5, 0.6) is 0 Å². The number of phosphoric ester groups is 1. The monoisotopic (exact) mass is 1150 g/mol. The maximum absolute atomic E-state index is 13.1. The minimum absolute atomic E-state index is 0.0130. The van der Waals surface area contributed by atoms with E-state index in [9.17, 15) is 19.4 Å². The van der Waals surface area contributed by atoms with Gasteiger partial charge in [-0.05, 0) is 51.4 Å². The van der Waals surface area contributed by atoms with E-state index in [0.717, 1.165) is 64.2 Å². The van der Waals surface area contributed by atoms with E-state index in [4.69, 9.17) is 9.05 Å². The fraction of sp³-hybridized carbons (Fsp3) is 0.873. The van der Waals surface area contributed by atoms with Crippen molar-refractivity contribution in [1.29, 1.82) is 0 Å². The van der Waals surface area contributed by atoms with Crippen LogP contribution in [0.2, 0.25) is 0 Å². The van der Waals surface area contributed by atoms with Gasteiger partial charge in [-0.3, -0.25) is 9.36 Å². The minimum Gasteiger partial charge on any atom is -0.756 e. The molecule has 0 aromatic rings. The Morgan fingerprint density at radius 2 is 0.762 bits per heavy atom. The average molecular weight is 1150 g/mol. The van der Waals surface area contributed by atoms with Gasteiger partial charge in [0, 0.05) is 6.42 Å². The van der Waals surface area contributed by atoms with Crippen molar-refractivity contribution in [2.75, 3.05) is 40.9 Å². The van der Waals surface area contributed by atoms with E-state index in [1.807, 2.05) is 21.1 Å². The third-order valence-electron chi connectivity index (χ3n) is 16.1. The summed E-state index contributed by atoms with van der Waals surface area (Å²) in [6.45, 7) is 4.66. The molecule has 0 saturated carbocycles. The number of allylic oxidation sites excluding steroid dienone is 8. The van der Waals surface area contributed by atoms with E-state index < -0.39 is 20.0 Å². The molecule has 0 radical (unpaired) electrons. The SMILES string of the molecule is CC/C=C\C/C=C\C/C=C\C/C=C\CCCCCCCCCCCCCCCCCCC(=O)NC(COP(=O)([O-])OCC[N+](C)(C)C)C(O)CCCCCCCCCCCCCCCCCCCCCCCCCCCCCCC. The number of carbonyl (C=O) groups is 1. The van der Waals surface area contributed by atoms with Gasteiger partial charge in [0.05, 0.1) is 39.9 Å². The second-order valence-electron chi connectivity index (χ2n) is 25.2. The highest BCUT2D eigenvalue weighted by molar-refractivity contribution is 7.45. The normalized spacial score (nSPS) is 13.9. The van der Waals surface area contributed by atoms with Gasteiger partial charge in [0.15, 0.2) is 0 Å². The summed E-state index contributed by atoms with van der Waals surface area (Å²) in [6, 6.07) is -0.803. The largest absolute Gasteiger partial charge is 0.756 e. The molecule has 3 unspecified atom stereocenters. The van der Waals surface area contributed by atoms with Crippen LogP contribution < -0.4 is 10.2 Å². The fourth-order valence-electron chi connectivity index (χ4n) is 10.7. The molecule has 0 fully saturated rings. The standard InChI is InChI=1S/C71H137N2O6P/c1-6-8-10-12-14-16-18-20-22-24-26-28-30-32-34-36-38-40-42-44-46-48-50-52-54-56-58-60-62-64-70(74)69(68-79-80(76,77)78-67-66-73(3,4)5)72-71(75)65-63-61-59-57-55-53-51-49-47-45-43-41-39-37-35-33-31-29-27-25-23-21-19-17-15-13-11-9-7-2/h9,11,15,17,21,23,27,29,69-70,74H,6-8,10,12-14,16,18-20,22,24-26,28,30-68H2,1-5H3,(H-,72,75,76,77)/b11-9-,17-15-,23-21-,29-27-. The molecule has 3 atom stereocenters. The maximum Gasteiger partial charge on any atom is 0.268 e. The molecule has 2 N–H and O–H groups in total. The number of aliphatic hydroxyl groups is 1. The highest BCUT2D eigenvalue weighted by Crippen LogP contribution is 2.38. The van der Waals surface area contributed by atoms with Crippen LogP contribution >= 0.6 is 7.82 Å². The lowest BCUT2D eigenvalue weighted by Crippen LogP contribution is -2.46. The van der Waals surface area contributed by atoms with Crippen molar-refractivity contribution < 1.29 is 32.9 Å². The highest BCUT2D eigenvalue weighted by atomic mass is 31.2. The molecule has 8 nitrogen and oxygen atoms in total. The summed E-state index contributed by atoms with van der Waals surface area (Å²) < 4.78 is 23.5. The first-order valence-corrected chi connectivity index (χ1v) is 36.4. The topological polar surface area (TPSA) is 108 Å². The lowest BCUT2D eigenvalue weighted by Gasteiger charge is -2.30. The molecular formula is C71H137N2O6P. The van der Waals surface area contributed by atoms with Gasteiger partial charge in [0.25, 0.3) is 7.82 Å². The Labute approximate surface area is 499 Å². The molecule has 0 spiro atoms. The Hall–Kier alpha value is -1.54. The van der Waals surface area contributed by atoms with Gasteiger partial charge in [0.2, 0.25) is 5.91 Å². The first kappa shape index (κ1) is 78.5. The number of phosphoric acid groups is 1. The van der Waals surface area contributed by atoms with Crippen LogP contribution in [0.4, 0.5) is 0 Å². The van der Waals surface area contributed by atoms with Crippen molar-refractivity contribution in [2.45, 2.75) is 360 Å². The Kier molecular flexibility index (Phi) is 60.8. The molecule has 0 aliphatic carbocycles. The molecule has 0 aromatic heterocycles. The highest BCUT2D eigenvalue weighted by Gasteiger charge is 2.24. The van der Waals surface area contributed by atoms with Gasteiger partial charge < -0.3 is 28.8 Å². The van der Waals surface area contributed by atoms with Crippen molar-refractivity contribution in [1.82, 2.24) is 5.32 Å². The van der Waals surface area contributed by atoms with E-state index in [2.05, 4.69) is 67.8 Å². The van der Waals surface area contributed by atoms with Gasteiger partial charge in [-0.25, -0.2) is 0 Å². The Morgan fingerprint density at radius 3 is 1.11 bits per heavy atom. The van der Waals surface area contributed by atoms with Crippen LogP contribution in [0, 0.1) is 0 Å². The quantitative estimate of drug-likeness (QED) is 0.0272. The third kappa shape index (κ3) is 64.0. The van der Waals surface area contributed by atoms with Crippen LogP contribution in [0.25, 0.3) is 0 Å². The van der Waals surface area contributed by atoms with Crippen LogP contribution in [0.3, 0.4) is 0 Å². The number of hydrogen-bond acceptors (Lipinski definition) is 6. The molecule has 472 valence electrons. The first-order chi connectivity index (χ1) is 39.0. The second-order valence-corrected chi connectivity index (χ2v) is 26.6. The van der Waals surface area contributed by atoms with Crippen LogP contribution in [-0.4, -0.2) is 68.5 Å². The van der Waals surface area contributed by atoms with E-state index >= 15 is 0 Å². The van der Waals surface area contributed by atoms with Crippen molar-refractivity contribution in [3.63, 3.8) is 0 Å². The summed E-state index contributed by atoms with van der Waals surface area (Å²) in [5, 5.41) is 14.1. The molecule has 9 heteroatoms. The number of amides is 1. The third-order valence-corrected chi connectivity index (χ3v) is 17.0. The Balaban J connectivity index is 4.02. The van der Waals surface area contributed by atoms with E-state index in [-0.39, 0.29) is 19.1 Å². The van der Waals surface area contributed by atoms with Gasteiger partial charge in [0.1, 0.15) is 13.2 Å². The molecule has 0 saturated heterocycles. The summed E-state index contributed by atoms with van der Waals surface area (Å²) in [4.78, 5) is 25.7. The van der Waals surface area contributed by atoms with Crippen LogP contribution in [-0.2, 0) is 18.4 Å². The zero-order chi connectivity index (χ0) is 58.4. The molecular weight excluding hydrogens is 1010 g/mol. The lowest BCUT2D eigenvalue weighted by atomic mass is 10.0. The number of hydrogen-bond donors (Lipinski definition) is 2. The van der Waals surface area contributed by atoms with Crippen molar-refractivity contribution in [3.8, 4) is 0 Å².